The first kappa shape index (κ1) is 14.2. The summed E-state index contributed by atoms with van der Waals surface area (Å²) in [6, 6.07) is 5.68. The summed E-state index contributed by atoms with van der Waals surface area (Å²) in [5.41, 5.74) is 1.53. The lowest BCUT2D eigenvalue weighted by Crippen LogP contribution is -2.38. The fraction of sp³-hybridized carbons (Fsp3) is 0.286. The van der Waals surface area contributed by atoms with Gasteiger partial charge in [0.15, 0.2) is 5.70 Å². The molecule has 0 aromatic carbocycles. The van der Waals surface area contributed by atoms with Crippen LogP contribution in [0, 0.1) is 11.3 Å². The van der Waals surface area contributed by atoms with E-state index in [2.05, 4.69) is 4.98 Å². The van der Waals surface area contributed by atoms with Crippen molar-refractivity contribution < 1.29 is 9.37 Å². The number of aromatic nitrogens is 1. The highest BCUT2D eigenvalue weighted by Crippen LogP contribution is 2.25. The minimum absolute atomic E-state index is 0.0933. The van der Waals surface area contributed by atoms with E-state index >= 15 is 0 Å². The van der Waals surface area contributed by atoms with Gasteiger partial charge in [-0.1, -0.05) is 0 Å². The van der Waals surface area contributed by atoms with Crippen molar-refractivity contribution in [2.45, 2.75) is 19.8 Å². The SMILES string of the molecule is CCN(C(=O)CCC#N)C1=C[N+](c2cccnc2)=C1Cl. The van der Waals surface area contributed by atoms with E-state index in [1.165, 1.54) is 0 Å². The van der Waals surface area contributed by atoms with Gasteiger partial charge in [-0.25, -0.2) is 0 Å². The second kappa shape index (κ2) is 6.31. The van der Waals surface area contributed by atoms with Gasteiger partial charge >= 0.3 is 5.17 Å². The quantitative estimate of drug-likeness (QED) is 0.782. The predicted octanol–water partition coefficient (Wildman–Crippen LogP) is 2.37. The zero-order valence-electron chi connectivity index (χ0n) is 11.1. The van der Waals surface area contributed by atoms with E-state index < -0.39 is 0 Å². The first-order chi connectivity index (χ1) is 9.69. The Kier molecular flexibility index (Phi) is 4.49. The number of carbonyl (C=O) groups is 1. The third-order valence-electron chi connectivity index (χ3n) is 2.96. The number of carbonyl (C=O) groups excluding carboxylic acids is 1. The predicted molar refractivity (Wildman–Crippen MR) is 75.3 cm³/mol. The maximum Gasteiger partial charge on any atom is 0.311 e. The van der Waals surface area contributed by atoms with Crippen LogP contribution in [-0.4, -0.2) is 32.1 Å². The van der Waals surface area contributed by atoms with E-state index in [-0.39, 0.29) is 18.7 Å². The van der Waals surface area contributed by atoms with E-state index in [0.29, 0.717) is 17.4 Å². The van der Waals surface area contributed by atoms with Crippen LogP contribution < -0.4 is 0 Å². The van der Waals surface area contributed by atoms with Crippen molar-refractivity contribution in [3.05, 3.63) is 36.4 Å². The highest BCUT2D eigenvalue weighted by molar-refractivity contribution is 6.69. The van der Waals surface area contributed by atoms with Crippen LogP contribution in [0.15, 0.2) is 36.4 Å². The highest BCUT2D eigenvalue weighted by atomic mass is 35.5. The summed E-state index contributed by atoms with van der Waals surface area (Å²) < 4.78 is 1.77. The van der Waals surface area contributed by atoms with Gasteiger partial charge in [-0.05, 0) is 24.6 Å². The molecule has 1 aliphatic rings. The van der Waals surface area contributed by atoms with E-state index in [0.717, 1.165) is 5.69 Å². The molecule has 0 fully saturated rings. The zero-order valence-corrected chi connectivity index (χ0v) is 11.8. The van der Waals surface area contributed by atoms with Crippen molar-refractivity contribution in [1.82, 2.24) is 9.88 Å². The average Bonchev–Trinajstić information content (AvgIpc) is 2.48. The van der Waals surface area contributed by atoms with Crippen molar-refractivity contribution in [1.29, 1.82) is 5.26 Å². The van der Waals surface area contributed by atoms with Crippen LogP contribution in [0.3, 0.4) is 0 Å². The molecule has 0 spiro atoms. The number of amides is 1. The van der Waals surface area contributed by atoms with Crippen LogP contribution >= 0.6 is 11.6 Å². The Hall–Kier alpha value is -2.19. The number of hydrogen-bond acceptors (Lipinski definition) is 3. The molecule has 2 rings (SSSR count). The molecule has 0 saturated carbocycles. The Morgan fingerprint density at radius 1 is 1.60 bits per heavy atom. The lowest BCUT2D eigenvalue weighted by atomic mass is 10.2. The van der Waals surface area contributed by atoms with E-state index in [1.807, 2.05) is 25.1 Å². The van der Waals surface area contributed by atoms with E-state index in [1.54, 1.807) is 28.1 Å². The number of nitrogens with zero attached hydrogens (tertiary/aromatic N) is 4. The molecule has 0 bridgehead atoms. The van der Waals surface area contributed by atoms with Crippen molar-refractivity contribution >= 4 is 28.4 Å². The molecule has 0 unspecified atom stereocenters. The van der Waals surface area contributed by atoms with Crippen molar-refractivity contribution in [3.8, 4) is 6.07 Å². The number of pyridine rings is 1. The summed E-state index contributed by atoms with van der Waals surface area (Å²) in [4.78, 5) is 17.6. The first-order valence-corrected chi connectivity index (χ1v) is 6.68. The fourth-order valence-electron chi connectivity index (χ4n) is 1.93. The Morgan fingerprint density at radius 2 is 2.40 bits per heavy atom. The second-order valence-corrected chi connectivity index (χ2v) is 4.54. The van der Waals surface area contributed by atoms with Crippen LogP contribution in [0.5, 0.6) is 0 Å². The normalized spacial score (nSPS) is 13.3. The highest BCUT2D eigenvalue weighted by Gasteiger charge is 2.36. The van der Waals surface area contributed by atoms with E-state index in [9.17, 15) is 4.79 Å². The van der Waals surface area contributed by atoms with E-state index in [4.69, 9.17) is 16.9 Å². The molecule has 1 aromatic heterocycles. The average molecular weight is 290 g/mol. The van der Waals surface area contributed by atoms with Crippen molar-refractivity contribution in [3.63, 3.8) is 0 Å². The molecule has 102 valence electrons. The van der Waals surface area contributed by atoms with Crippen LogP contribution in [0.4, 0.5) is 5.69 Å². The van der Waals surface area contributed by atoms with Gasteiger partial charge in [-0.2, -0.15) is 5.26 Å². The minimum atomic E-state index is -0.0933. The summed E-state index contributed by atoms with van der Waals surface area (Å²) in [6.07, 6.45) is 5.60. The molecule has 5 nitrogen and oxygen atoms in total. The molecule has 1 amide bonds. The molecule has 0 N–H and O–H groups in total. The molecule has 0 radical (unpaired) electrons. The van der Waals surface area contributed by atoms with Gasteiger partial charge in [0, 0.05) is 31.6 Å². The molecule has 0 aliphatic carbocycles. The third kappa shape index (κ3) is 2.70. The topological polar surface area (TPSA) is 60.0 Å². The molecular formula is C14H14ClN4O+. The number of halogens is 1. The van der Waals surface area contributed by atoms with Crippen LogP contribution in [-0.2, 0) is 4.79 Å². The minimum Gasteiger partial charge on any atom is -0.301 e. The zero-order chi connectivity index (χ0) is 14.5. The van der Waals surface area contributed by atoms with Gasteiger partial charge in [-0.15, -0.1) is 4.58 Å². The number of nitriles is 1. The van der Waals surface area contributed by atoms with Crippen LogP contribution in [0.25, 0.3) is 0 Å². The third-order valence-corrected chi connectivity index (χ3v) is 3.33. The van der Waals surface area contributed by atoms with Gasteiger partial charge in [0.05, 0.1) is 12.3 Å². The smallest absolute Gasteiger partial charge is 0.301 e. The maximum atomic E-state index is 12.0. The Morgan fingerprint density at radius 3 is 2.95 bits per heavy atom. The van der Waals surface area contributed by atoms with Crippen LogP contribution in [0.1, 0.15) is 19.8 Å². The molecule has 1 aliphatic heterocycles. The molecular weight excluding hydrogens is 276 g/mol. The maximum absolute atomic E-state index is 12.0. The molecule has 6 heteroatoms. The van der Waals surface area contributed by atoms with Gasteiger partial charge in [0.1, 0.15) is 0 Å². The Bertz CT molecular complexity index is 616. The van der Waals surface area contributed by atoms with Crippen molar-refractivity contribution in [2.75, 3.05) is 6.54 Å². The van der Waals surface area contributed by atoms with Crippen LogP contribution in [0.2, 0.25) is 0 Å². The standard InChI is InChI=1S/C14H14ClN4O/c1-2-18(13(20)6-3-7-16)12-10-19(14(12)15)11-5-4-8-17-9-11/h4-5,8-10H,2-3,6H2,1H3/q+1. The second-order valence-electron chi connectivity index (χ2n) is 4.18. The first-order valence-electron chi connectivity index (χ1n) is 6.30. The number of allylic oxidation sites excluding steroid dienone is 1. The summed E-state index contributed by atoms with van der Waals surface area (Å²) in [5, 5.41) is 9.03. The van der Waals surface area contributed by atoms with Gasteiger partial charge in [-0.3, -0.25) is 9.78 Å². The van der Waals surface area contributed by atoms with Gasteiger partial charge in [0.25, 0.3) is 0 Å². The summed E-state index contributed by atoms with van der Waals surface area (Å²) in [5.74, 6) is -0.0933. The number of hydrogen-bond donors (Lipinski definition) is 0. The Balaban J connectivity index is 2.12. The lowest BCUT2D eigenvalue weighted by molar-refractivity contribution is -0.373. The van der Waals surface area contributed by atoms with Gasteiger partial charge in [0.2, 0.25) is 17.8 Å². The summed E-state index contributed by atoms with van der Waals surface area (Å²) in [6.45, 7) is 2.40. The largest absolute Gasteiger partial charge is 0.311 e. The summed E-state index contributed by atoms with van der Waals surface area (Å²) in [7, 11) is 0. The monoisotopic (exact) mass is 289 g/mol. The number of rotatable bonds is 5. The molecule has 0 atom stereocenters. The molecule has 1 aromatic rings. The molecule has 0 saturated heterocycles. The van der Waals surface area contributed by atoms with Crippen molar-refractivity contribution in [2.24, 2.45) is 0 Å². The fourth-order valence-corrected chi connectivity index (χ4v) is 2.23. The lowest BCUT2D eigenvalue weighted by Gasteiger charge is -2.24. The van der Waals surface area contributed by atoms with Gasteiger partial charge < -0.3 is 4.90 Å². The Labute approximate surface area is 122 Å². The molecule has 20 heavy (non-hydrogen) atoms. The summed E-state index contributed by atoms with van der Waals surface area (Å²) >= 11 is 6.25. The molecule has 2 heterocycles.